The number of esters is 2. The summed E-state index contributed by atoms with van der Waals surface area (Å²) in [4.78, 5) is 45.5. The summed E-state index contributed by atoms with van der Waals surface area (Å²) in [7, 11) is 0. The van der Waals surface area contributed by atoms with Crippen molar-refractivity contribution in [3.63, 3.8) is 0 Å². The third-order valence-corrected chi connectivity index (χ3v) is 7.80. The number of hydrogen-bond acceptors (Lipinski definition) is 12. The molecule has 318 valence electrons. The number of para-hydroxylation sites is 3. The van der Waals surface area contributed by atoms with Crippen molar-refractivity contribution in [2.45, 2.75) is 66.3 Å². The van der Waals surface area contributed by atoms with Gasteiger partial charge in [0.25, 0.3) is 0 Å². The number of hydrogen-bond donors (Lipinski definition) is 4. The summed E-state index contributed by atoms with van der Waals surface area (Å²) in [6.45, 7) is 14.0. The van der Waals surface area contributed by atoms with Crippen LogP contribution in [0.3, 0.4) is 0 Å². The van der Waals surface area contributed by atoms with E-state index >= 15 is 0 Å². The van der Waals surface area contributed by atoms with Crippen LogP contribution in [0.25, 0.3) is 0 Å². The van der Waals surface area contributed by atoms with Gasteiger partial charge in [-0.1, -0.05) is 75.2 Å². The zero-order chi connectivity index (χ0) is 42.4. The molecule has 3 aromatic carbocycles. The van der Waals surface area contributed by atoms with Crippen LogP contribution in [0, 0.1) is 10.8 Å². The van der Waals surface area contributed by atoms with E-state index in [9.17, 15) is 29.4 Å². The third-order valence-electron chi connectivity index (χ3n) is 7.80. The first kappa shape index (κ1) is 50.3. The molecule has 14 heteroatoms. The van der Waals surface area contributed by atoms with E-state index in [4.69, 9.17) is 38.6 Å². The highest BCUT2D eigenvalue weighted by Gasteiger charge is 2.33. The van der Waals surface area contributed by atoms with Crippen molar-refractivity contribution in [2.24, 2.45) is 10.8 Å². The summed E-state index contributed by atoms with van der Waals surface area (Å²) in [6.07, 6.45) is -1.74. The van der Waals surface area contributed by atoms with Gasteiger partial charge in [0.1, 0.15) is 68.6 Å². The molecule has 0 saturated carbocycles. The fourth-order valence-electron chi connectivity index (χ4n) is 4.39. The number of aliphatic hydroxyl groups excluding tert-OH is 2. The van der Waals surface area contributed by atoms with Gasteiger partial charge in [-0.2, -0.15) is 0 Å². The summed E-state index contributed by atoms with van der Waals surface area (Å²) < 4.78 is 31.5. The molecular formula is C44H58O14. The van der Waals surface area contributed by atoms with Gasteiger partial charge in [0.15, 0.2) is 0 Å². The van der Waals surface area contributed by atoms with Gasteiger partial charge in [0.05, 0.1) is 17.4 Å². The van der Waals surface area contributed by atoms with E-state index in [1.165, 1.54) is 13.8 Å². The van der Waals surface area contributed by atoms with Crippen molar-refractivity contribution < 1.29 is 68.0 Å². The molecule has 0 amide bonds. The molecule has 0 aliphatic carbocycles. The molecule has 3 aromatic rings. The van der Waals surface area contributed by atoms with E-state index in [2.05, 4.69) is 13.2 Å². The maximum Gasteiger partial charge on any atom is 0.333 e. The lowest BCUT2D eigenvalue weighted by Gasteiger charge is -2.24. The van der Waals surface area contributed by atoms with Crippen LogP contribution in [-0.4, -0.2) is 102 Å². The molecule has 3 unspecified atom stereocenters. The van der Waals surface area contributed by atoms with Crippen molar-refractivity contribution in [3.8, 4) is 17.2 Å². The number of epoxide rings is 1. The lowest BCUT2D eigenvalue weighted by Crippen LogP contribution is -2.33. The number of ether oxygens (including phenoxy) is 6. The highest BCUT2D eigenvalue weighted by atomic mass is 16.6. The number of carbonyl (C=O) groups excluding carboxylic acids is 2. The molecule has 0 bridgehead atoms. The number of benzene rings is 3. The minimum Gasteiger partial charge on any atom is -0.491 e. The molecule has 1 heterocycles. The van der Waals surface area contributed by atoms with E-state index < -0.39 is 46.9 Å². The van der Waals surface area contributed by atoms with Crippen molar-refractivity contribution >= 4 is 23.9 Å². The SMILES string of the molecule is C.C=C(CC(C)(C)C(=O)O)C(=O)O.C=C(CC(C)(C)C(=O)OCC(O)COc1ccccc1)C(=O)OCC(O)COc1ccccc1.c1ccc(OCC2CO2)cc1. The van der Waals surface area contributed by atoms with Crippen LogP contribution in [0.4, 0.5) is 0 Å². The van der Waals surface area contributed by atoms with Crippen LogP contribution in [-0.2, 0) is 33.4 Å². The van der Waals surface area contributed by atoms with Crippen LogP contribution in [0.2, 0.25) is 0 Å². The third kappa shape index (κ3) is 21.0. The van der Waals surface area contributed by atoms with Gasteiger partial charge in [-0.25, -0.2) is 9.59 Å². The topological polar surface area (TPSA) is 208 Å². The largest absolute Gasteiger partial charge is 0.491 e. The normalized spacial score (nSPS) is 13.8. The van der Waals surface area contributed by atoms with Crippen LogP contribution < -0.4 is 14.2 Å². The molecule has 1 saturated heterocycles. The minimum atomic E-state index is -1.15. The fraction of sp³-hybridized carbons (Fsp3) is 0.409. The second-order valence-electron chi connectivity index (χ2n) is 14.3. The Bertz CT molecular complexity index is 1700. The van der Waals surface area contributed by atoms with Crippen molar-refractivity contribution in [1.29, 1.82) is 0 Å². The van der Waals surface area contributed by atoms with Gasteiger partial charge in [-0.05, 0) is 76.9 Å². The molecule has 1 aliphatic heterocycles. The van der Waals surface area contributed by atoms with Gasteiger partial charge in [0, 0.05) is 11.1 Å². The Morgan fingerprint density at radius 3 is 1.45 bits per heavy atom. The predicted molar refractivity (Wildman–Crippen MR) is 217 cm³/mol. The molecule has 3 atom stereocenters. The molecular weight excluding hydrogens is 752 g/mol. The van der Waals surface area contributed by atoms with Crippen molar-refractivity contribution in [2.75, 3.05) is 39.6 Å². The lowest BCUT2D eigenvalue weighted by molar-refractivity contribution is -0.157. The van der Waals surface area contributed by atoms with Crippen LogP contribution >= 0.6 is 0 Å². The number of rotatable bonds is 21. The molecule has 0 aromatic heterocycles. The Hall–Kier alpha value is -5.70. The highest BCUT2D eigenvalue weighted by molar-refractivity contribution is 5.89. The predicted octanol–water partition coefficient (Wildman–Crippen LogP) is 6.15. The Morgan fingerprint density at radius 1 is 0.655 bits per heavy atom. The molecule has 0 spiro atoms. The van der Waals surface area contributed by atoms with E-state index in [0.717, 1.165) is 12.4 Å². The molecule has 0 radical (unpaired) electrons. The zero-order valence-electron chi connectivity index (χ0n) is 32.8. The fourth-order valence-corrected chi connectivity index (χ4v) is 4.39. The highest BCUT2D eigenvalue weighted by Crippen LogP contribution is 2.27. The van der Waals surface area contributed by atoms with Crippen LogP contribution in [0.5, 0.6) is 17.2 Å². The Morgan fingerprint density at radius 2 is 1.05 bits per heavy atom. The molecule has 1 aliphatic rings. The summed E-state index contributed by atoms with van der Waals surface area (Å²) in [5.74, 6) is -1.39. The van der Waals surface area contributed by atoms with Gasteiger partial charge < -0.3 is 48.8 Å². The van der Waals surface area contributed by atoms with E-state index in [-0.39, 0.29) is 57.8 Å². The van der Waals surface area contributed by atoms with Crippen molar-refractivity contribution in [3.05, 3.63) is 115 Å². The zero-order valence-corrected chi connectivity index (χ0v) is 32.8. The maximum atomic E-state index is 12.5. The quantitative estimate of drug-likeness (QED) is 0.0541. The number of carboxylic acids is 2. The first-order chi connectivity index (χ1) is 26.9. The Balaban J connectivity index is 0.000000566. The summed E-state index contributed by atoms with van der Waals surface area (Å²) in [5.41, 5.74) is -2.16. The molecule has 4 N–H and O–H groups in total. The average Bonchev–Trinajstić information content (AvgIpc) is 4.02. The van der Waals surface area contributed by atoms with E-state index in [0.29, 0.717) is 24.2 Å². The van der Waals surface area contributed by atoms with E-state index in [1.807, 2.05) is 42.5 Å². The first-order valence-corrected chi connectivity index (χ1v) is 18.1. The Kier molecular flexibility index (Phi) is 22.2. The molecule has 4 rings (SSSR count). The molecule has 58 heavy (non-hydrogen) atoms. The average molecular weight is 811 g/mol. The summed E-state index contributed by atoms with van der Waals surface area (Å²) >= 11 is 0. The van der Waals surface area contributed by atoms with Crippen molar-refractivity contribution in [1.82, 2.24) is 0 Å². The van der Waals surface area contributed by atoms with Gasteiger partial charge in [0.2, 0.25) is 0 Å². The lowest BCUT2D eigenvalue weighted by atomic mass is 9.86. The van der Waals surface area contributed by atoms with E-state index in [1.54, 1.807) is 62.4 Å². The van der Waals surface area contributed by atoms with Gasteiger partial charge in [-0.15, -0.1) is 0 Å². The number of aliphatic carboxylic acids is 2. The standard InChI is InChI=1S/C26H32O8.C9H10O2.C8H12O4.CH4/c1-19(24(29)33-17-20(27)15-31-22-10-6-4-7-11-22)14-26(2,3)25(30)34-18-21(28)16-32-23-12-8-5-9-13-23;1-2-4-8(5-3-1)10-6-9-7-11-9;1-5(6(9)10)4-8(2,3)7(11)12;/h4-13,20-21,27-28H,1,14-18H2,2-3H3;1-5,9H,6-7H2;1,4H2,2-3H3,(H,9,10)(H,11,12);1H4. The summed E-state index contributed by atoms with van der Waals surface area (Å²) in [5, 5.41) is 37.0. The molecule has 1 fully saturated rings. The minimum absolute atomic E-state index is 0. The molecule has 14 nitrogen and oxygen atoms in total. The second kappa shape index (κ2) is 25.5. The van der Waals surface area contributed by atoms with Gasteiger partial charge >= 0.3 is 23.9 Å². The smallest absolute Gasteiger partial charge is 0.333 e. The Labute approximate surface area is 340 Å². The number of carboxylic acid groups (broad SMARTS) is 2. The number of aliphatic hydroxyl groups is 2. The number of carbonyl (C=O) groups is 4. The maximum absolute atomic E-state index is 12.5. The summed E-state index contributed by atoms with van der Waals surface area (Å²) in [6, 6.07) is 27.7. The van der Waals surface area contributed by atoms with Crippen LogP contribution in [0.15, 0.2) is 115 Å². The second-order valence-corrected chi connectivity index (χ2v) is 14.3. The van der Waals surface area contributed by atoms with Crippen LogP contribution in [0.1, 0.15) is 48.0 Å². The van der Waals surface area contributed by atoms with Gasteiger partial charge in [-0.3, -0.25) is 9.59 Å². The monoisotopic (exact) mass is 810 g/mol. The first-order valence-electron chi connectivity index (χ1n) is 18.1.